The predicted molar refractivity (Wildman–Crippen MR) is 135 cm³/mol. The lowest BCUT2D eigenvalue weighted by Crippen LogP contribution is -2.48. The SMILES string of the molecule is N#Cc1cccnc1Oc1ccc(C[C@H](N)C(=O)N2CCn3c(nnc3C(F)(F)F)C2)cc1.O=C(O)C(F)(F)F.O=C(O)C(F)(F)F. The van der Waals surface area contributed by atoms with E-state index >= 15 is 0 Å². The summed E-state index contributed by atoms with van der Waals surface area (Å²) in [6.07, 6.45) is -13.0. The van der Waals surface area contributed by atoms with Crippen LogP contribution in [-0.4, -0.2) is 77.6 Å². The minimum atomic E-state index is -5.08. The van der Waals surface area contributed by atoms with Crippen molar-refractivity contribution >= 4 is 17.8 Å². The van der Waals surface area contributed by atoms with Crippen LogP contribution in [0.15, 0.2) is 42.6 Å². The second kappa shape index (κ2) is 15.2. The number of fused-ring (bicyclic) bond motifs is 1. The molecule has 0 bridgehead atoms. The van der Waals surface area contributed by atoms with Crippen LogP contribution in [0.4, 0.5) is 39.5 Å². The zero-order valence-electron chi connectivity index (χ0n) is 23.1. The molecule has 3 aromatic rings. The summed E-state index contributed by atoms with van der Waals surface area (Å²) in [5.41, 5.74) is 7.15. The van der Waals surface area contributed by atoms with E-state index in [0.717, 1.165) is 10.1 Å². The number of nitrogens with zero attached hydrogens (tertiary/aromatic N) is 6. The summed E-state index contributed by atoms with van der Waals surface area (Å²) in [6, 6.07) is 11.2. The molecule has 4 N–H and O–H groups in total. The standard InChI is InChI=1S/C21H18F3N7O2.2C2HF3O2/c22-21(23,24)20-29-28-17-12-30(8-9-31(17)20)19(32)16(26)10-13-3-5-15(6-4-13)33-18-14(11-25)2-1-7-27-18;2*3-2(4,5)1(6)7/h1-7,16H,8-10,12,26H2;2*(H,6,7)/t16-;;/m0../s1. The molecular weight excluding hydrogens is 665 g/mol. The summed E-state index contributed by atoms with van der Waals surface area (Å²) < 4.78 is 109. The molecule has 1 aromatic carbocycles. The number of ether oxygens (including phenoxy) is 1. The van der Waals surface area contributed by atoms with Crippen LogP contribution in [0.25, 0.3) is 0 Å². The molecule has 1 aliphatic heterocycles. The Labute approximate surface area is 256 Å². The van der Waals surface area contributed by atoms with Crippen LogP contribution >= 0.6 is 0 Å². The maximum Gasteiger partial charge on any atom is 0.490 e. The predicted octanol–water partition coefficient (Wildman–Crippen LogP) is 3.53. The van der Waals surface area contributed by atoms with E-state index < -0.39 is 42.3 Å². The second-order valence-electron chi connectivity index (χ2n) is 8.98. The number of aromatic nitrogens is 4. The smallest absolute Gasteiger partial charge is 0.475 e. The van der Waals surface area contributed by atoms with Gasteiger partial charge in [0.2, 0.25) is 17.6 Å². The van der Waals surface area contributed by atoms with Crippen molar-refractivity contribution in [3.63, 3.8) is 0 Å². The lowest BCUT2D eigenvalue weighted by Gasteiger charge is -2.30. The molecule has 47 heavy (non-hydrogen) atoms. The molecule has 0 aliphatic carbocycles. The van der Waals surface area contributed by atoms with Crippen molar-refractivity contribution in [2.45, 2.75) is 44.1 Å². The first kappa shape index (κ1) is 37.7. The highest BCUT2D eigenvalue weighted by atomic mass is 19.4. The normalized spacial score (nSPS) is 13.4. The van der Waals surface area contributed by atoms with Gasteiger partial charge in [-0.05, 0) is 36.2 Å². The van der Waals surface area contributed by atoms with E-state index in [9.17, 15) is 44.3 Å². The van der Waals surface area contributed by atoms with Crippen LogP contribution in [0.3, 0.4) is 0 Å². The average Bonchev–Trinajstić information content (AvgIpc) is 3.42. The monoisotopic (exact) mass is 685 g/mol. The molecular formula is C25H20F9N7O6. The fraction of sp³-hybridized carbons (Fsp3) is 0.320. The number of hydrogen-bond donors (Lipinski definition) is 3. The summed E-state index contributed by atoms with van der Waals surface area (Å²) in [7, 11) is 0. The van der Waals surface area contributed by atoms with Gasteiger partial charge in [-0.3, -0.25) is 4.79 Å². The number of aliphatic carboxylic acids is 2. The van der Waals surface area contributed by atoms with E-state index in [1.807, 2.05) is 6.07 Å². The van der Waals surface area contributed by atoms with Gasteiger partial charge < -0.3 is 30.2 Å². The number of benzene rings is 1. The van der Waals surface area contributed by atoms with Gasteiger partial charge in [-0.2, -0.15) is 44.8 Å². The molecule has 0 spiro atoms. The number of carboxylic acid groups (broad SMARTS) is 2. The Bertz CT molecular complexity index is 1580. The fourth-order valence-corrected chi connectivity index (χ4v) is 3.49. The summed E-state index contributed by atoms with van der Waals surface area (Å²) in [5, 5.41) is 30.1. The largest absolute Gasteiger partial charge is 0.490 e. The Morgan fingerprint density at radius 2 is 1.49 bits per heavy atom. The first-order valence-electron chi connectivity index (χ1n) is 12.4. The Morgan fingerprint density at radius 1 is 0.936 bits per heavy atom. The number of halogens is 9. The molecule has 0 saturated heterocycles. The molecule has 22 heteroatoms. The number of alkyl halides is 9. The molecule has 4 rings (SSSR count). The van der Waals surface area contributed by atoms with Gasteiger partial charge in [-0.1, -0.05) is 12.1 Å². The van der Waals surface area contributed by atoms with Crippen molar-refractivity contribution in [2.24, 2.45) is 5.73 Å². The van der Waals surface area contributed by atoms with Crippen LogP contribution in [0.2, 0.25) is 0 Å². The van der Waals surface area contributed by atoms with E-state index in [1.54, 1.807) is 36.4 Å². The van der Waals surface area contributed by atoms with Gasteiger partial charge in [0.05, 0.1) is 12.6 Å². The van der Waals surface area contributed by atoms with Crippen molar-refractivity contribution in [2.75, 3.05) is 6.54 Å². The molecule has 1 aliphatic rings. The van der Waals surface area contributed by atoms with Crippen molar-refractivity contribution < 1.29 is 68.8 Å². The number of carbonyl (C=O) groups is 3. The first-order chi connectivity index (χ1) is 21.6. The first-order valence-corrected chi connectivity index (χ1v) is 12.4. The van der Waals surface area contributed by atoms with Gasteiger partial charge in [0.25, 0.3) is 0 Å². The van der Waals surface area contributed by atoms with E-state index in [-0.39, 0.29) is 43.7 Å². The van der Waals surface area contributed by atoms with Crippen LogP contribution in [0.5, 0.6) is 11.6 Å². The molecule has 0 radical (unpaired) electrons. The van der Waals surface area contributed by atoms with Gasteiger partial charge in [-0.25, -0.2) is 14.6 Å². The summed E-state index contributed by atoms with van der Waals surface area (Å²) in [4.78, 5) is 36.0. The number of nitrogens with two attached hydrogens (primary N) is 1. The Kier molecular flexibility index (Phi) is 12.2. The molecule has 1 atom stereocenters. The maximum atomic E-state index is 13.0. The molecule has 254 valence electrons. The lowest BCUT2D eigenvalue weighted by molar-refractivity contribution is -0.193. The molecule has 13 nitrogen and oxygen atoms in total. The van der Waals surface area contributed by atoms with Crippen LogP contribution in [0.1, 0.15) is 22.8 Å². The van der Waals surface area contributed by atoms with Crippen molar-refractivity contribution in [3.8, 4) is 17.7 Å². The van der Waals surface area contributed by atoms with Crippen LogP contribution in [0, 0.1) is 11.3 Å². The quantitative estimate of drug-likeness (QED) is 0.332. The number of carbonyl (C=O) groups excluding carboxylic acids is 1. The third-order valence-corrected chi connectivity index (χ3v) is 5.61. The van der Waals surface area contributed by atoms with Gasteiger partial charge in [0, 0.05) is 19.3 Å². The Balaban J connectivity index is 0.000000459. The summed E-state index contributed by atoms with van der Waals surface area (Å²) >= 11 is 0. The lowest BCUT2D eigenvalue weighted by atomic mass is 10.0. The highest BCUT2D eigenvalue weighted by Gasteiger charge is 2.40. The number of carboxylic acids is 2. The number of pyridine rings is 1. The van der Waals surface area contributed by atoms with Gasteiger partial charge in [-0.15, -0.1) is 10.2 Å². The zero-order chi connectivity index (χ0) is 35.7. The number of amides is 1. The van der Waals surface area contributed by atoms with Crippen LogP contribution in [-0.2, 0) is 40.1 Å². The van der Waals surface area contributed by atoms with E-state index in [2.05, 4.69) is 15.2 Å². The van der Waals surface area contributed by atoms with Crippen LogP contribution < -0.4 is 10.5 Å². The summed E-state index contributed by atoms with van der Waals surface area (Å²) in [5.74, 6) is -6.24. The number of hydrogen-bond acceptors (Lipinski definition) is 9. The zero-order valence-corrected chi connectivity index (χ0v) is 23.1. The van der Waals surface area contributed by atoms with Crippen molar-refractivity contribution in [3.05, 3.63) is 65.4 Å². The Hall–Kier alpha value is -5.46. The average molecular weight is 685 g/mol. The number of rotatable bonds is 5. The summed E-state index contributed by atoms with van der Waals surface area (Å²) in [6.45, 7) is -0.0632. The molecule has 0 saturated carbocycles. The van der Waals surface area contributed by atoms with Gasteiger partial charge >= 0.3 is 30.5 Å². The third kappa shape index (κ3) is 11.1. The van der Waals surface area contributed by atoms with E-state index in [0.29, 0.717) is 11.3 Å². The van der Waals surface area contributed by atoms with E-state index in [1.165, 1.54) is 11.1 Å². The second-order valence-corrected chi connectivity index (χ2v) is 8.98. The number of nitriles is 1. The molecule has 2 aromatic heterocycles. The van der Waals surface area contributed by atoms with Gasteiger partial charge in [0.15, 0.2) is 5.82 Å². The highest BCUT2D eigenvalue weighted by Crippen LogP contribution is 2.29. The maximum absolute atomic E-state index is 13.0. The third-order valence-electron chi connectivity index (χ3n) is 5.61. The minimum absolute atomic E-state index is 0.0557. The minimum Gasteiger partial charge on any atom is -0.475 e. The van der Waals surface area contributed by atoms with Gasteiger partial charge in [0.1, 0.15) is 17.4 Å². The molecule has 1 amide bonds. The highest BCUT2D eigenvalue weighted by molar-refractivity contribution is 5.82. The van der Waals surface area contributed by atoms with E-state index in [4.69, 9.17) is 35.5 Å². The fourth-order valence-electron chi connectivity index (χ4n) is 3.49. The Morgan fingerprint density at radius 3 is 1.98 bits per heavy atom. The molecule has 0 unspecified atom stereocenters. The van der Waals surface area contributed by atoms with Crippen molar-refractivity contribution in [1.29, 1.82) is 5.26 Å². The molecule has 3 heterocycles. The molecule has 0 fully saturated rings. The van der Waals surface area contributed by atoms with Crippen molar-refractivity contribution in [1.82, 2.24) is 24.6 Å². The topological polar surface area (TPSA) is 198 Å².